The quantitative estimate of drug-likeness (QED) is 0.398. The Morgan fingerprint density at radius 3 is 2.39 bits per heavy atom. The Labute approximate surface area is 217 Å². The van der Waals surface area contributed by atoms with Crippen LogP contribution in [0.5, 0.6) is 5.75 Å². The Hall–Kier alpha value is -3.12. The molecule has 4 rings (SSSR count). The van der Waals surface area contributed by atoms with E-state index in [1.165, 1.54) is 0 Å². The number of benzene rings is 2. The van der Waals surface area contributed by atoms with Crippen molar-refractivity contribution < 1.29 is 14.3 Å². The maximum absolute atomic E-state index is 13.5. The monoisotopic (exact) mass is 507 g/mol. The zero-order chi connectivity index (χ0) is 26.0. The molecule has 0 bridgehead atoms. The molecule has 0 unspecified atom stereocenters. The van der Waals surface area contributed by atoms with E-state index in [-0.39, 0.29) is 18.2 Å². The van der Waals surface area contributed by atoms with E-state index in [0.717, 1.165) is 42.3 Å². The van der Waals surface area contributed by atoms with E-state index in [0.29, 0.717) is 38.9 Å². The molecule has 2 aromatic carbocycles. The smallest absolute Gasteiger partial charge is 0.262 e. The number of hydrogen-bond donors (Lipinski definition) is 1. The van der Waals surface area contributed by atoms with Crippen molar-refractivity contribution in [3.8, 4) is 5.75 Å². The van der Waals surface area contributed by atoms with Gasteiger partial charge < -0.3 is 4.74 Å². The third kappa shape index (κ3) is 5.49. The van der Waals surface area contributed by atoms with Gasteiger partial charge in [0, 0.05) is 33.4 Å². The summed E-state index contributed by atoms with van der Waals surface area (Å²) in [4.78, 5) is 26.4. The highest BCUT2D eigenvalue weighted by Crippen LogP contribution is 2.37. The lowest BCUT2D eigenvalue weighted by molar-refractivity contribution is -0.120. The highest BCUT2D eigenvalue weighted by molar-refractivity contribution is 6.30. The zero-order valence-corrected chi connectivity index (χ0v) is 22.4. The van der Waals surface area contributed by atoms with Crippen molar-refractivity contribution in [3.05, 3.63) is 64.3 Å². The van der Waals surface area contributed by atoms with Gasteiger partial charge in [-0.1, -0.05) is 32.4 Å². The Morgan fingerprint density at radius 1 is 1.11 bits per heavy atom. The third-order valence-corrected chi connectivity index (χ3v) is 7.55. The molecule has 0 spiro atoms. The predicted octanol–water partition coefficient (Wildman–Crippen LogP) is 6.55. The molecule has 190 valence electrons. The van der Waals surface area contributed by atoms with Crippen molar-refractivity contribution in [2.75, 3.05) is 7.11 Å². The maximum Gasteiger partial charge on any atom is 0.262 e. The van der Waals surface area contributed by atoms with Crippen molar-refractivity contribution in [1.82, 2.24) is 9.99 Å². The third-order valence-electron chi connectivity index (χ3n) is 7.30. The van der Waals surface area contributed by atoms with Crippen LogP contribution in [0.4, 0.5) is 0 Å². The molecule has 0 radical (unpaired) electrons. The van der Waals surface area contributed by atoms with Crippen LogP contribution in [0.2, 0.25) is 5.02 Å². The van der Waals surface area contributed by atoms with Crippen LogP contribution < -0.4 is 10.2 Å². The van der Waals surface area contributed by atoms with Crippen LogP contribution in [-0.2, 0) is 11.2 Å². The first-order valence-corrected chi connectivity index (χ1v) is 12.8. The van der Waals surface area contributed by atoms with Gasteiger partial charge in [-0.25, -0.2) is 5.43 Å². The van der Waals surface area contributed by atoms with E-state index in [2.05, 4.69) is 31.3 Å². The average Bonchev–Trinajstić information content (AvgIpc) is 3.12. The number of carbonyl (C=O) groups is 2. The minimum absolute atomic E-state index is 0.122. The SMILES string of the molecule is COc1ccc2c(CC(=O)NN=C3CCC(C(C)(C)C)CC3)c(C)n(C(=O)c3ccc(Cl)cc3)c2c1. The van der Waals surface area contributed by atoms with Crippen molar-refractivity contribution in [2.24, 2.45) is 16.4 Å². The van der Waals surface area contributed by atoms with Gasteiger partial charge in [-0.3, -0.25) is 14.2 Å². The molecule has 1 aliphatic carbocycles. The molecule has 1 amide bonds. The molecule has 0 atom stereocenters. The summed E-state index contributed by atoms with van der Waals surface area (Å²) in [7, 11) is 1.59. The van der Waals surface area contributed by atoms with E-state index in [1.54, 1.807) is 35.9 Å². The molecule has 1 aromatic heterocycles. The van der Waals surface area contributed by atoms with E-state index >= 15 is 0 Å². The first kappa shape index (κ1) is 26.0. The number of fused-ring (bicyclic) bond motifs is 1. The van der Waals surface area contributed by atoms with Crippen molar-refractivity contribution in [3.63, 3.8) is 0 Å². The van der Waals surface area contributed by atoms with E-state index < -0.39 is 0 Å². The number of hydrazone groups is 1. The summed E-state index contributed by atoms with van der Waals surface area (Å²) in [5.41, 5.74) is 6.82. The van der Waals surface area contributed by atoms with Crippen LogP contribution in [0, 0.1) is 18.3 Å². The molecule has 36 heavy (non-hydrogen) atoms. The summed E-state index contributed by atoms with van der Waals surface area (Å²) >= 11 is 6.01. The molecule has 0 saturated heterocycles. The lowest BCUT2D eigenvalue weighted by Gasteiger charge is -2.34. The van der Waals surface area contributed by atoms with Crippen LogP contribution in [0.1, 0.15) is 68.1 Å². The molecule has 7 heteroatoms. The maximum atomic E-state index is 13.5. The van der Waals surface area contributed by atoms with Crippen LogP contribution in [0.3, 0.4) is 0 Å². The first-order valence-electron chi connectivity index (χ1n) is 12.4. The minimum atomic E-state index is -0.197. The summed E-state index contributed by atoms with van der Waals surface area (Å²) < 4.78 is 7.05. The predicted molar refractivity (Wildman–Crippen MR) is 145 cm³/mol. The van der Waals surface area contributed by atoms with Crippen molar-refractivity contribution in [1.29, 1.82) is 0 Å². The van der Waals surface area contributed by atoms with Gasteiger partial charge in [0.2, 0.25) is 5.91 Å². The van der Waals surface area contributed by atoms with Gasteiger partial charge in [-0.2, -0.15) is 5.10 Å². The zero-order valence-electron chi connectivity index (χ0n) is 21.7. The van der Waals surface area contributed by atoms with Gasteiger partial charge in [-0.15, -0.1) is 0 Å². The van der Waals surface area contributed by atoms with Crippen molar-refractivity contribution >= 4 is 40.0 Å². The molecule has 1 heterocycles. The van der Waals surface area contributed by atoms with Crippen LogP contribution in [-0.4, -0.2) is 29.2 Å². The number of amides is 1. The molecule has 1 N–H and O–H groups in total. The largest absolute Gasteiger partial charge is 0.497 e. The molecule has 3 aromatic rings. The van der Waals surface area contributed by atoms with Gasteiger partial charge in [0.1, 0.15) is 5.75 Å². The van der Waals surface area contributed by atoms with Gasteiger partial charge >= 0.3 is 0 Å². The number of methoxy groups -OCH3 is 1. The second-order valence-electron chi connectivity index (χ2n) is 10.6. The number of carbonyl (C=O) groups excluding carboxylic acids is 2. The summed E-state index contributed by atoms with van der Waals surface area (Å²) in [5.74, 6) is 0.928. The number of nitrogens with one attached hydrogen (secondary N) is 1. The van der Waals surface area contributed by atoms with E-state index in [4.69, 9.17) is 16.3 Å². The lowest BCUT2D eigenvalue weighted by atomic mass is 9.72. The van der Waals surface area contributed by atoms with Gasteiger partial charge in [0.25, 0.3) is 5.91 Å². The average molecular weight is 508 g/mol. The number of aromatic nitrogens is 1. The standard InChI is InChI=1S/C29H34ClN3O3/c1-18-25(17-27(34)32-31-22-12-8-20(9-13-22)29(2,3)4)24-15-14-23(36-5)16-26(24)33(18)28(35)19-6-10-21(30)11-7-19/h6-7,10-11,14-16,20H,8-9,12-13,17H2,1-5H3,(H,32,34). The Morgan fingerprint density at radius 2 is 1.78 bits per heavy atom. The second kappa shape index (κ2) is 10.5. The summed E-state index contributed by atoms with van der Waals surface area (Å²) in [5, 5.41) is 5.84. The van der Waals surface area contributed by atoms with Crippen LogP contribution >= 0.6 is 11.6 Å². The minimum Gasteiger partial charge on any atom is -0.497 e. The summed E-state index contributed by atoms with van der Waals surface area (Å²) in [6.45, 7) is 8.72. The fraction of sp³-hybridized carbons (Fsp3) is 0.414. The second-order valence-corrected chi connectivity index (χ2v) is 11.1. The topological polar surface area (TPSA) is 72.7 Å². The molecular weight excluding hydrogens is 474 g/mol. The Balaban J connectivity index is 1.58. The van der Waals surface area contributed by atoms with Crippen molar-refractivity contribution in [2.45, 2.75) is 59.8 Å². The number of halogens is 1. The molecule has 1 aliphatic rings. The van der Waals surface area contributed by atoms with Gasteiger partial charge in [0.15, 0.2) is 0 Å². The first-order chi connectivity index (χ1) is 17.1. The number of ether oxygens (including phenoxy) is 1. The van der Waals surface area contributed by atoms with E-state index in [9.17, 15) is 9.59 Å². The highest BCUT2D eigenvalue weighted by Gasteiger charge is 2.28. The molecule has 6 nitrogen and oxygen atoms in total. The van der Waals surface area contributed by atoms with Crippen LogP contribution in [0.15, 0.2) is 47.6 Å². The fourth-order valence-corrected chi connectivity index (χ4v) is 5.19. The number of hydrogen-bond acceptors (Lipinski definition) is 4. The normalized spacial score (nSPS) is 16.2. The highest BCUT2D eigenvalue weighted by atomic mass is 35.5. The Kier molecular flexibility index (Phi) is 7.55. The Bertz CT molecular complexity index is 1310. The van der Waals surface area contributed by atoms with Gasteiger partial charge in [-0.05, 0) is 85.9 Å². The molecule has 0 aliphatic heterocycles. The molecular formula is C29H34ClN3O3. The van der Waals surface area contributed by atoms with Crippen LogP contribution in [0.25, 0.3) is 10.9 Å². The molecule has 1 fully saturated rings. The number of rotatable bonds is 5. The summed E-state index contributed by atoms with van der Waals surface area (Å²) in [6.07, 6.45) is 4.14. The van der Waals surface area contributed by atoms with E-state index in [1.807, 2.05) is 25.1 Å². The summed E-state index contributed by atoms with van der Waals surface area (Å²) in [6, 6.07) is 12.4. The number of nitrogens with zero attached hydrogens (tertiary/aromatic N) is 2. The van der Waals surface area contributed by atoms with Gasteiger partial charge in [0.05, 0.1) is 19.0 Å². The molecule has 1 saturated carbocycles. The lowest BCUT2D eigenvalue weighted by Crippen LogP contribution is -2.28. The fourth-order valence-electron chi connectivity index (χ4n) is 5.07.